The van der Waals surface area contributed by atoms with Crippen molar-refractivity contribution in [1.82, 2.24) is 0 Å². The zero-order valence-corrected chi connectivity index (χ0v) is 14.2. The van der Waals surface area contributed by atoms with Gasteiger partial charge >= 0.3 is 11.9 Å². The topological polar surface area (TPSA) is 52.6 Å². The van der Waals surface area contributed by atoms with Crippen LogP contribution in [0.4, 0.5) is 4.39 Å². The molecule has 2 aromatic rings. The highest BCUT2D eigenvalue weighted by Gasteiger charge is 2.61. The van der Waals surface area contributed by atoms with Crippen LogP contribution in [0, 0.1) is 5.82 Å². The number of carbonyl (C=O) groups excluding carboxylic acids is 2. The third-order valence-electron chi connectivity index (χ3n) is 5.12. The van der Waals surface area contributed by atoms with Gasteiger partial charge in [-0.25, -0.2) is 9.18 Å². The Kier molecular flexibility index (Phi) is 3.87. The van der Waals surface area contributed by atoms with Gasteiger partial charge in [-0.3, -0.25) is 4.79 Å². The average molecular weight is 352 g/mol. The first-order chi connectivity index (χ1) is 12.6. The number of hydrogen-bond donors (Lipinski definition) is 0. The van der Waals surface area contributed by atoms with Crippen molar-refractivity contribution < 1.29 is 23.5 Å². The second-order valence-electron chi connectivity index (χ2n) is 6.34. The lowest BCUT2D eigenvalue weighted by Gasteiger charge is -2.31. The summed E-state index contributed by atoms with van der Waals surface area (Å²) in [4.78, 5) is 25.7. The zero-order valence-electron chi connectivity index (χ0n) is 14.2. The number of carbonyl (C=O) groups is 2. The largest absolute Gasteiger partial charge is 0.463 e. The quantitative estimate of drug-likeness (QED) is 0.625. The first-order valence-corrected chi connectivity index (χ1v) is 8.54. The first kappa shape index (κ1) is 16.5. The molecule has 2 aliphatic rings. The molecule has 1 heterocycles. The monoisotopic (exact) mass is 352 g/mol. The van der Waals surface area contributed by atoms with Crippen LogP contribution in [0.2, 0.25) is 0 Å². The SMILES string of the molecule is CCOC(=O)C1=CC[C@H](c2ccccc2F)[C@@]12C(=O)Oc1ccccc12. The molecule has 4 nitrogen and oxygen atoms in total. The number of fused-ring (bicyclic) bond motifs is 2. The smallest absolute Gasteiger partial charge is 0.335 e. The fraction of sp³-hybridized carbons (Fsp3) is 0.238. The van der Waals surface area contributed by atoms with Gasteiger partial charge in [0.05, 0.1) is 12.2 Å². The fourth-order valence-electron chi connectivity index (χ4n) is 4.09. The summed E-state index contributed by atoms with van der Waals surface area (Å²) in [6.45, 7) is 1.89. The van der Waals surface area contributed by atoms with E-state index < -0.39 is 29.1 Å². The molecule has 26 heavy (non-hydrogen) atoms. The molecule has 132 valence electrons. The lowest BCUT2D eigenvalue weighted by atomic mass is 9.67. The van der Waals surface area contributed by atoms with E-state index in [4.69, 9.17) is 9.47 Å². The summed E-state index contributed by atoms with van der Waals surface area (Å²) < 4.78 is 25.2. The van der Waals surface area contributed by atoms with E-state index in [-0.39, 0.29) is 12.2 Å². The van der Waals surface area contributed by atoms with E-state index in [0.717, 1.165) is 0 Å². The van der Waals surface area contributed by atoms with Gasteiger partial charge in [0, 0.05) is 11.5 Å². The van der Waals surface area contributed by atoms with Gasteiger partial charge in [0.15, 0.2) is 0 Å². The van der Waals surface area contributed by atoms with Crippen molar-refractivity contribution in [3.8, 4) is 5.75 Å². The second kappa shape index (κ2) is 6.09. The van der Waals surface area contributed by atoms with Crippen LogP contribution in [0.25, 0.3) is 0 Å². The molecule has 1 aliphatic heterocycles. The Balaban J connectivity index is 1.95. The highest BCUT2D eigenvalue weighted by Crippen LogP contribution is 2.58. The molecule has 0 aromatic heterocycles. The van der Waals surface area contributed by atoms with Crippen molar-refractivity contribution in [2.24, 2.45) is 0 Å². The van der Waals surface area contributed by atoms with E-state index in [9.17, 15) is 14.0 Å². The normalized spacial score (nSPS) is 23.5. The van der Waals surface area contributed by atoms with E-state index in [1.54, 1.807) is 55.5 Å². The number of rotatable bonds is 3. The molecular formula is C21H17FO4. The highest BCUT2D eigenvalue weighted by atomic mass is 19.1. The minimum atomic E-state index is -1.38. The van der Waals surface area contributed by atoms with E-state index in [0.29, 0.717) is 23.3 Å². The maximum Gasteiger partial charge on any atom is 0.335 e. The summed E-state index contributed by atoms with van der Waals surface area (Å²) in [5.41, 5.74) is -0.195. The van der Waals surface area contributed by atoms with Crippen LogP contribution in [0.5, 0.6) is 5.75 Å². The molecule has 2 atom stereocenters. The zero-order chi connectivity index (χ0) is 18.3. The fourth-order valence-corrected chi connectivity index (χ4v) is 4.09. The van der Waals surface area contributed by atoms with Gasteiger partial charge in [0.25, 0.3) is 0 Å². The van der Waals surface area contributed by atoms with Gasteiger partial charge in [0.2, 0.25) is 0 Å². The summed E-state index contributed by atoms with van der Waals surface area (Å²) >= 11 is 0. The predicted octanol–water partition coefficient (Wildman–Crippen LogP) is 3.66. The van der Waals surface area contributed by atoms with Crippen LogP contribution < -0.4 is 4.74 Å². The van der Waals surface area contributed by atoms with Crippen LogP contribution in [0.15, 0.2) is 60.2 Å². The third kappa shape index (κ3) is 2.13. The Morgan fingerprint density at radius 2 is 1.96 bits per heavy atom. The van der Waals surface area contributed by atoms with Gasteiger partial charge < -0.3 is 9.47 Å². The summed E-state index contributed by atoms with van der Waals surface area (Å²) in [6.07, 6.45) is 2.02. The Morgan fingerprint density at radius 3 is 2.73 bits per heavy atom. The number of halogens is 1. The molecule has 0 amide bonds. The molecule has 5 heteroatoms. The molecule has 0 bridgehead atoms. The van der Waals surface area contributed by atoms with Gasteiger partial charge in [-0.05, 0) is 31.0 Å². The second-order valence-corrected chi connectivity index (χ2v) is 6.34. The van der Waals surface area contributed by atoms with Crippen molar-refractivity contribution in [2.75, 3.05) is 6.61 Å². The average Bonchev–Trinajstić information content (AvgIpc) is 3.16. The molecule has 0 saturated heterocycles. The molecule has 0 unspecified atom stereocenters. The number of para-hydroxylation sites is 1. The molecule has 2 aromatic carbocycles. The lowest BCUT2D eigenvalue weighted by Crippen LogP contribution is -2.42. The van der Waals surface area contributed by atoms with Crippen LogP contribution in [-0.2, 0) is 19.7 Å². The molecule has 0 fully saturated rings. The number of benzene rings is 2. The molecule has 0 N–H and O–H groups in total. The van der Waals surface area contributed by atoms with Crippen LogP contribution in [0.3, 0.4) is 0 Å². The summed E-state index contributed by atoms with van der Waals surface area (Å²) in [5.74, 6) is -1.72. The maximum atomic E-state index is 14.6. The molecule has 1 aliphatic carbocycles. The number of allylic oxidation sites excluding steroid dienone is 1. The maximum absolute atomic E-state index is 14.6. The van der Waals surface area contributed by atoms with E-state index >= 15 is 0 Å². The van der Waals surface area contributed by atoms with Crippen molar-refractivity contribution in [3.05, 3.63) is 77.1 Å². The summed E-state index contributed by atoms with van der Waals surface area (Å²) in [5, 5.41) is 0. The molecule has 1 spiro atoms. The highest BCUT2D eigenvalue weighted by molar-refractivity contribution is 6.07. The van der Waals surface area contributed by atoms with Gasteiger partial charge in [-0.1, -0.05) is 42.5 Å². The number of ether oxygens (including phenoxy) is 2. The molecule has 4 rings (SSSR count). The van der Waals surface area contributed by atoms with Gasteiger partial charge in [-0.15, -0.1) is 0 Å². The number of hydrogen-bond acceptors (Lipinski definition) is 4. The van der Waals surface area contributed by atoms with Crippen LogP contribution in [-0.4, -0.2) is 18.5 Å². The van der Waals surface area contributed by atoms with Gasteiger partial charge in [0.1, 0.15) is 17.0 Å². The summed E-state index contributed by atoms with van der Waals surface area (Å²) in [6, 6.07) is 13.3. The van der Waals surface area contributed by atoms with Gasteiger partial charge in [-0.2, -0.15) is 0 Å². The van der Waals surface area contributed by atoms with Crippen molar-refractivity contribution in [2.45, 2.75) is 24.7 Å². The van der Waals surface area contributed by atoms with E-state index in [1.165, 1.54) is 6.07 Å². The minimum Gasteiger partial charge on any atom is -0.463 e. The molecular weight excluding hydrogens is 335 g/mol. The van der Waals surface area contributed by atoms with E-state index in [1.807, 2.05) is 0 Å². The Morgan fingerprint density at radius 1 is 1.23 bits per heavy atom. The Labute approximate surface area is 150 Å². The van der Waals surface area contributed by atoms with Crippen molar-refractivity contribution in [1.29, 1.82) is 0 Å². The lowest BCUT2D eigenvalue weighted by molar-refractivity contribution is -0.144. The van der Waals surface area contributed by atoms with Crippen molar-refractivity contribution >= 4 is 11.9 Å². The third-order valence-corrected chi connectivity index (χ3v) is 5.12. The minimum absolute atomic E-state index is 0.188. The Hall–Kier alpha value is -2.95. The van der Waals surface area contributed by atoms with Crippen LogP contribution >= 0.6 is 0 Å². The van der Waals surface area contributed by atoms with Crippen molar-refractivity contribution in [3.63, 3.8) is 0 Å². The Bertz CT molecular complexity index is 933. The van der Waals surface area contributed by atoms with Crippen LogP contribution in [0.1, 0.15) is 30.4 Å². The van der Waals surface area contributed by atoms with E-state index in [2.05, 4.69) is 0 Å². The first-order valence-electron chi connectivity index (χ1n) is 8.54. The summed E-state index contributed by atoms with van der Waals surface area (Å²) in [7, 11) is 0. The molecule has 0 radical (unpaired) electrons. The predicted molar refractivity (Wildman–Crippen MR) is 92.2 cm³/mol. The number of esters is 2. The molecule has 0 saturated carbocycles. The standard InChI is InChI=1S/C21H17FO4/c1-2-25-19(23)16-12-11-14(13-7-3-5-9-17(13)22)21(16)15-8-4-6-10-18(15)26-20(21)24/h3-10,12,14H,2,11H2,1H3/t14-,21+/m1/s1.